The molecule has 2 aromatic heterocycles. The first kappa shape index (κ1) is 21.0. The van der Waals surface area contributed by atoms with Gasteiger partial charge in [0.15, 0.2) is 0 Å². The highest BCUT2D eigenvalue weighted by molar-refractivity contribution is 6.04. The number of hydrogen-bond acceptors (Lipinski definition) is 3. The van der Waals surface area contributed by atoms with E-state index in [0.717, 1.165) is 34.6 Å². The maximum absolute atomic E-state index is 13.0. The summed E-state index contributed by atoms with van der Waals surface area (Å²) in [5.74, 6) is 6.18. The summed E-state index contributed by atoms with van der Waals surface area (Å²) in [6.07, 6.45) is 9.02. The van der Waals surface area contributed by atoms with Crippen molar-refractivity contribution in [3.05, 3.63) is 132 Å². The van der Waals surface area contributed by atoms with Crippen molar-refractivity contribution < 1.29 is 4.79 Å². The van der Waals surface area contributed by atoms with Crippen molar-refractivity contribution in [2.75, 3.05) is 5.32 Å². The van der Waals surface area contributed by atoms with Crippen LogP contribution in [0.2, 0.25) is 0 Å². The second-order valence-electron chi connectivity index (χ2n) is 7.68. The van der Waals surface area contributed by atoms with Crippen molar-refractivity contribution in [3.8, 4) is 17.5 Å². The third kappa shape index (κ3) is 4.95. The molecule has 0 bridgehead atoms. The van der Waals surface area contributed by atoms with E-state index in [1.807, 2.05) is 83.7 Å². The molecule has 1 amide bonds. The van der Waals surface area contributed by atoms with E-state index in [9.17, 15) is 4.79 Å². The predicted molar refractivity (Wildman–Crippen MR) is 132 cm³/mol. The Hall–Kier alpha value is -4.89. The highest BCUT2D eigenvalue weighted by Crippen LogP contribution is 2.18. The minimum Gasteiger partial charge on any atom is -0.333 e. The fourth-order valence-corrected chi connectivity index (χ4v) is 3.54. The Kier molecular flexibility index (Phi) is 6.00. The molecule has 0 saturated heterocycles. The molecular formula is C28H21N5O. The van der Waals surface area contributed by atoms with Gasteiger partial charge in [-0.3, -0.25) is 4.79 Å². The number of nitrogens with one attached hydrogen (secondary N) is 1. The maximum Gasteiger partial charge on any atom is 0.255 e. The average Bonchev–Trinajstić information content (AvgIpc) is 3.59. The molecule has 0 unspecified atom stereocenters. The fraction of sp³-hybridized carbons (Fsp3) is 0.0357. The number of carbonyl (C=O) groups is 1. The van der Waals surface area contributed by atoms with Gasteiger partial charge in [-0.15, -0.1) is 0 Å². The van der Waals surface area contributed by atoms with Crippen LogP contribution in [0, 0.1) is 11.8 Å². The molecule has 5 rings (SSSR count). The first-order valence-corrected chi connectivity index (χ1v) is 10.8. The van der Waals surface area contributed by atoms with E-state index >= 15 is 0 Å². The van der Waals surface area contributed by atoms with Crippen molar-refractivity contribution in [1.29, 1.82) is 0 Å². The van der Waals surface area contributed by atoms with Gasteiger partial charge in [-0.25, -0.2) is 9.67 Å². The van der Waals surface area contributed by atoms with Gasteiger partial charge in [-0.1, -0.05) is 42.2 Å². The number of aromatic nitrogens is 4. The van der Waals surface area contributed by atoms with Gasteiger partial charge in [0, 0.05) is 48.1 Å². The van der Waals surface area contributed by atoms with E-state index in [1.54, 1.807) is 35.5 Å². The molecule has 6 nitrogen and oxygen atoms in total. The molecule has 5 aromatic rings. The van der Waals surface area contributed by atoms with Crippen LogP contribution in [-0.2, 0) is 6.54 Å². The standard InChI is InChI=1S/C28H21N5O/c34-28(31-26-12-8-23(9-13-26)20-32-18-16-29-21-32)25-11-14-27(33-17-4-15-30-33)24(19-25)10-7-22-5-2-1-3-6-22/h1-6,8-9,11-19,21H,20H2,(H,31,34). The lowest BCUT2D eigenvalue weighted by Gasteiger charge is -2.10. The number of nitrogens with zero attached hydrogens (tertiary/aromatic N) is 4. The molecule has 34 heavy (non-hydrogen) atoms. The molecule has 0 aliphatic rings. The summed E-state index contributed by atoms with van der Waals surface area (Å²) in [5.41, 5.74) is 4.81. The molecule has 0 fully saturated rings. The lowest BCUT2D eigenvalue weighted by Crippen LogP contribution is -2.13. The van der Waals surface area contributed by atoms with Gasteiger partial charge < -0.3 is 9.88 Å². The Morgan fingerprint density at radius 1 is 0.882 bits per heavy atom. The zero-order chi connectivity index (χ0) is 23.2. The Balaban J connectivity index is 1.37. The van der Waals surface area contributed by atoms with Crippen LogP contribution in [0.3, 0.4) is 0 Å². The van der Waals surface area contributed by atoms with Crippen LogP contribution in [-0.4, -0.2) is 25.2 Å². The van der Waals surface area contributed by atoms with Gasteiger partial charge in [-0.2, -0.15) is 5.10 Å². The summed E-state index contributed by atoms with van der Waals surface area (Å²) in [6.45, 7) is 0.729. The van der Waals surface area contributed by atoms with E-state index in [0.29, 0.717) is 5.56 Å². The van der Waals surface area contributed by atoms with Gasteiger partial charge in [0.25, 0.3) is 5.91 Å². The number of hydrogen-bond donors (Lipinski definition) is 1. The number of carbonyl (C=O) groups excluding carboxylic acids is 1. The third-order valence-corrected chi connectivity index (χ3v) is 5.26. The van der Waals surface area contributed by atoms with E-state index in [-0.39, 0.29) is 5.91 Å². The molecule has 3 aromatic carbocycles. The smallest absolute Gasteiger partial charge is 0.255 e. The summed E-state index contributed by atoms with van der Waals surface area (Å²) in [5, 5.41) is 7.29. The van der Waals surface area contributed by atoms with Crippen LogP contribution in [0.5, 0.6) is 0 Å². The summed E-state index contributed by atoms with van der Waals surface area (Å²) >= 11 is 0. The predicted octanol–water partition coefficient (Wildman–Crippen LogP) is 4.77. The summed E-state index contributed by atoms with van der Waals surface area (Å²) in [6, 6.07) is 24.8. The number of anilines is 1. The molecule has 0 spiro atoms. The Bertz CT molecular complexity index is 1440. The van der Waals surface area contributed by atoms with E-state index in [1.165, 1.54) is 0 Å². The van der Waals surface area contributed by atoms with Crippen LogP contribution in [0.25, 0.3) is 5.69 Å². The van der Waals surface area contributed by atoms with Crippen molar-refractivity contribution in [2.45, 2.75) is 6.54 Å². The van der Waals surface area contributed by atoms with E-state index in [4.69, 9.17) is 0 Å². The number of imidazole rings is 1. The minimum absolute atomic E-state index is 0.197. The van der Waals surface area contributed by atoms with Crippen LogP contribution in [0.15, 0.2) is 110 Å². The number of rotatable bonds is 5. The van der Waals surface area contributed by atoms with Crippen molar-refractivity contribution in [3.63, 3.8) is 0 Å². The lowest BCUT2D eigenvalue weighted by molar-refractivity contribution is 0.102. The molecule has 6 heteroatoms. The molecule has 0 radical (unpaired) electrons. The summed E-state index contributed by atoms with van der Waals surface area (Å²) < 4.78 is 3.74. The van der Waals surface area contributed by atoms with E-state index in [2.05, 4.69) is 27.2 Å². The Morgan fingerprint density at radius 3 is 2.47 bits per heavy atom. The van der Waals surface area contributed by atoms with Gasteiger partial charge in [0.1, 0.15) is 0 Å². The second-order valence-corrected chi connectivity index (χ2v) is 7.68. The molecule has 164 valence electrons. The minimum atomic E-state index is -0.197. The van der Waals surface area contributed by atoms with E-state index < -0.39 is 0 Å². The van der Waals surface area contributed by atoms with Crippen LogP contribution >= 0.6 is 0 Å². The largest absolute Gasteiger partial charge is 0.333 e. The quantitative estimate of drug-likeness (QED) is 0.398. The van der Waals surface area contributed by atoms with Gasteiger partial charge >= 0.3 is 0 Å². The molecule has 1 N–H and O–H groups in total. The van der Waals surface area contributed by atoms with Crippen LogP contribution in [0.4, 0.5) is 5.69 Å². The van der Waals surface area contributed by atoms with Crippen molar-refractivity contribution >= 4 is 11.6 Å². The van der Waals surface area contributed by atoms with Gasteiger partial charge in [0.05, 0.1) is 17.6 Å². The first-order chi connectivity index (χ1) is 16.7. The summed E-state index contributed by atoms with van der Waals surface area (Å²) in [7, 11) is 0. The highest BCUT2D eigenvalue weighted by atomic mass is 16.1. The maximum atomic E-state index is 13.0. The van der Waals surface area contributed by atoms with Crippen molar-refractivity contribution in [2.24, 2.45) is 0 Å². The average molecular weight is 444 g/mol. The number of benzene rings is 3. The SMILES string of the molecule is O=C(Nc1ccc(Cn2ccnc2)cc1)c1ccc(-n2cccn2)c(C#Cc2ccccc2)c1. The topological polar surface area (TPSA) is 64.7 Å². The lowest BCUT2D eigenvalue weighted by atomic mass is 10.1. The number of amides is 1. The third-order valence-electron chi connectivity index (χ3n) is 5.26. The molecule has 0 aliphatic carbocycles. The first-order valence-electron chi connectivity index (χ1n) is 10.8. The van der Waals surface area contributed by atoms with Crippen molar-refractivity contribution in [1.82, 2.24) is 19.3 Å². The van der Waals surface area contributed by atoms with Gasteiger partial charge in [0.2, 0.25) is 0 Å². The molecular weight excluding hydrogens is 422 g/mol. The normalized spacial score (nSPS) is 10.4. The second kappa shape index (κ2) is 9.72. The summed E-state index contributed by atoms with van der Waals surface area (Å²) in [4.78, 5) is 17.0. The Morgan fingerprint density at radius 2 is 1.74 bits per heavy atom. The molecule has 0 atom stereocenters. The van der Waals surface area contributed by atoms with Crippen LogP contribution in [0.1, 0.15) is 27.0 Å². The molecule has 2 heterocycles. The molecule has 0 saturated carbocycles. The zero-order valence-electron chi connectivity index (χ0n) is 18.3. The molecule has 0 aliphatic heterocycles. The fourth-order valence-electron chi connectivity index (χ4n) is 3.54. The van der Waals surface area contributed by atoms with Gasteiger partial charge in [-0.05, 0) is 54.1 Å². The Labute approximate surface area is 197 Å². The monoisotopic (exact) mass is 443 g/mol. The zero-order valence-corrected chi connectivity index (χ0v) is 18.3. The highest BCUT2D eigenvalue weighted by Gasteiger charge is 2.11. The van der Waals surface area contributed by atoms with Crippen LogP contribution < -0.4 is 5.32 Å².